The summed E-state index contributed by atoms with van der Waals surface area (Å²) in [4.78, 5) is 25.0. The average molecular weight is 439 g/mol. The van der Waals surface area contributed by atoms with E-state index in [0.29, 0.717) is 35.0 Å². The highest BCUT2D eigenvalue weighted by Crippen LogP contribution is 2.67. The zero-order valence-corrected chi connectivity index (χ0v) is 19.8. The fourth-order valence-electron chi connectivity index (χ4n) is 8.75. The van der Waals surface area contributed by atoms with Crippen molar-refractivity contribution in [2.45, 2.75) is 84.3 Å². The van der Waals surface area contributed by atoms with Crippen LogP contribution in [0.15, 0.2) is 30.3 Å². The molecule has 6 unspecified atom stereocenters. The molecule has 0 saturated heterocycles. The molecule has 0 heterocycles. The molecule has 9 atom stereocenters. The van der Waals surface area contributed by atoms with E-state index in [9.17, 15) is 14.7 Å². The number of rotatable bonds is 3. The number of esters is 1. The van der Waals surface area contributed by atoms with Crippen molar-refractivity contribution in [2.24, 2.45) is 40.4 Å². The Morgan fingerprint density at radius 3 is 2.34 bits per heavy atom. The molecule has 0 amide bonds. The van der Waals surface area contributed by atoms with Crippen LogP contribution in [0.5, 0.6) is 0 Å². The van der Waals surface area contributed by atoms with E-state index in [-0.39, 0.29) is 34.9 Å². The standard InChI is InChI=1S/C28H38O4/c1-17(29)21-9-10-22-25-23(12-14-28(21,22)3)27(2)13-11-20(15-19(27)16-24(25)30)32-26(31)18-7-5-4-6-8-18/h4-8,19-25,30H,9-16H2,1-3H3/t19?,20-,21?,22?,23?,24?,25?,27-,28+/m0/s1. The molecule has 32 heavy (non-hydrogen) atoms. The number of aliphatic hydroxyl groups excluding tert-OH is 1. The summed E-state index contributed by atoms with van der Waals surface area (Å²) in [7, 11) is 0. The number of benzene rings is 1. The van der Waals surface area contributed by atoms with Crippen molar-refractivity contribution in [3.8, 4) is 0 Å². The number of hydrogen-bond acceptors (Lipinski definition) is 4. The minimum Gasteiger partial charge on any atom is -0.459 e. The highest BCUT2D eigenvalue weighted by atomic mass is 16.5. The quantitative estimate of drug-likeness (QED) is 0.639. The second-order valence-electron chi connectivity index (χ2n) is 11.7. The van der Waals surface area contributed by atoms with Gasteiger partial charge in [0, 0.05) is 5.92 Å². The van der Waals surface area contributed by atoms with Crippen LogP contribution in [0, 0.1) is 40.4 Å². The van der Waals surface area contributed by atoms with Crippen LogP contribution in [0.1, 0.15) is 82.5 Å². The number of carbonyl (C=O) groups excluding carboxylic acids is 2. The molecule has 0 spiro atoms. The van der Waals surface area contributed by atoms with Gasteiger partial charge in [-0.25, -0.2) is 4.79 Å². The first-order valence-electron chi connectivity index (χ1n) is 12.7. The molecule has 4 aliphatic carbocycles. The van der Waals surface area contributed by atoms with Crippen LogP contribution in [0.4, 0.5) is 0 Å². The van der Waals surface area contributed by atoms with Gasteiger partial charge >= 0.3 is 5.97 Å². The average Bonchev–Trinajstić information content (AvgIpc) is 3.13. The zero-order valence-electron chi connectivity index (χ0n) is 19.8. The van der Waals surface area contributed by atoms with Crippen LogP contribution >= 0.6 is 0 Å². The molecule has 0 radical (unpaired) electrons. The first kappa shape index (κ1) is 22.1. The van der Waals surface area contributed by atoms with E-state index in [1.165, 1.54) is 0 Å². The summed E-state index contributed by atoms with van der Waals surface area (Å²) in [6, 6.07) is 9.24. The summed E-state index contributed by atoms with van der Waals surface area (Å²) in [5.41, 5.74) is 0.854. The van der Waals surface area contributed by atoms with Crippen LogP contribution in [-0.4, -0.2) is 29.1 Å². The Morgan fingerprint density at radius 1 is 0.938 bits per heavy atom. The molecule has 174 valence electrons. The second-order valence-corrected chi connectivity index (χ2v) is 11.7. The van der Waals surface area contributed by atoms with Crippen molar-refractivity contribution in [1.29, 1.82) is 0 Å². The molecule has 1 aromatic rings. The molecule has 0 aliphatic heterocycles. The lowest BCUT2D eigenvalue weighted by Crippen LogP contribution is -2.58. The summed E-state index contributed by atoms with van der Waals surface area (Å²) in [6.07, 6.45) is 7.53. The summed E-state index contributed by atoms with van der Waals surface area (Å²) in [6.45, 7) is 6.53. The second kappa shape index (κ2) is 7.97. The zero-order chi connectivity index (χ0) is 22.7. The topological polar surface area (TPSA) is 63.6 Å². The van der Waals surface area contributed by atoms with Crippen molar-refractivity contribution in [2.75, 3.05) is 0 Å². The molecule has 4 fully saturated rings. The van der Waals surface area contributed by atoms with E-state index < -0.39 is 0 Å². The maximum atomic E-state index is 12.6. The highest BCUT2D eigenvalue weighted by molar-refractivity contribution is 5.89. The van der Waals surface area contributed by atoms with Crippen LogP contribution < -0.4 is 0 Å². The van der Waals surface area contributed by atoms with Crippen molar-refractivity contribution >= 4 is 11.8 Å². The van der Waals surface area contributed by atoms with Crippen LogP contribution in [0.2, 0.25) is 0 Å². The molecule has 0 aromatic heterocycles. The molecule has 1 N–H and O–H groups in total. The lowest BCUT2D eigenvalue weighted by molar-refractivity contribution is -0.174. The van der Waals surface area contributed by atoms with Gasteiger partial charge in [-0.3, -0.25) is 4.79 Å². The Labute approximate surface area is 192 Å². The predicted octanol–water partition coefficient (Wildman–Crippen LogP) is 5.43. The summed E-state index contributed by atoms with van der Waals surface area (Å²) in [5, 5.41) is 11.4. The minimum absolute atomic E-state index is 0.0552. The number of aliphatic hydroxyl groups is 1. The molecule has 4 heteroatoms. The summed E-state index contributed by atoms with van der Waals surface area (Å²) in [5.74, 6) is 1.92. The Hall–Kier alpha value is -1.68. The van der Waals surface area contributed by atoms with E-state index in [4.69, 9.17) is 4.74 Å². The van der Waals surface area contributed by atoms with Gasteiger partial charge in [-0.2, -0.15) is 0 Å². The lowest BCUT2D eigenvalue weighted by atomic mass is 9.44. The number of ketones is 1. The highest BCUT2D eigenvalue weighted by Gasteiger charge is 2.63. The molecule has 0 bridgehead atoms. The fraction of sp³-hybridized carbons (Fsp3) is 0.714. The maximum absolute atomic E-state index is 12.6. The molecule has 4 saturated carbocycles. The van der Waals surface area contributed by atoms with Crippen LogP contribution in [-0.2, 0) is 9.53 Å². The van der Waals surface area contributed by atoms with Gasteiger partial charge in [0.1, 0.15) is 11.9 Å². The smallest absolute Gasteiger partial charge is 0.338 e. The number of ether oxygens (including phenoxy) is 1. The Balaban J connectivity index is 1.32. The Morgan fingerprint density at radius 2 is 1.62 bits per heavy atom. The van der Waals surface area contributed by atoms with Gasteiger partial charge in [0.2, 0.25) is 0 Å². The third-order valence-electron chi connectivity index (χ3n) is 10.4. The molecular weight excluding hydrogens is 400 g/mol. The SMILES string of the molecule is CC(=O)C1CCC2C3C(O)CC4C[C@@H](OC(=O)c5ccccc5)CC[C@]4(C)C3CC[C@]12C. The lowest BCUT2D eigenvalue weighted by Gasteiger charge is -2.62. The maximum Gasteiger partial charge on any atom is 0.338 e. The van der Waals surface area contributed by atoms with Gasteiger partial charge in [0.15, 0.2) is 0 Å². The van der Waals surface area contributed by atoms with Gasteiger partial charge in [0.05, 0.1) is 11.7 Å². The largest absolute Gasteiger partial charge is 0.459 e. The minimum atomic E-state index is -0.308. The number of fused-ring (bicyclic) bond motifs is 5. The van der Waals surface area contributed by atoms with Gasteiger partial charge in [0.25, 0.3) is 0 Å². The number of Topliss-reactive ketones (excluding diaryl/α,β-unsaturated/α-hetero) is 1. The van der Waals surface area contributed by atoms with Gasteiger partial charge < -0.3 is 9.84 Å². The summed E-state index contributed by atoms with van der Waals surface area (Å²) >= 11 is 0. The number of carbonyl (C=O) groups is 2. The number of hydrogen-bond donors (Lipinski definition) is 1. The fourth-order valence-corrected chi connectivity index (χ4v) is 8.75. The van der Waals surface area contributed by atoms with Crippen molar-refractivity contribution in [3.05, 3.63) is 35.9 Å². The van der Waals surface area contributed by atoms with E-state index >= 15 is 0 Å². The van der Waals surface area contributed by atoms with E-state index in [2.05, 4.69) is 13.8 Å². The Bertz CT molecular complexity index is 881. The van der Waals surface area contributed by atoms with Gasteiger partial charge in [-0.05, 0) is 105 Å². The van der Waals surface area contributed by atoms with E-state index in [1.807, 2.05) is 18.2 Å². The first-order valence-corrected chi connectivity index (χ1v) is 12.7. The Kier molecular flexibility index (Phi) is 5.51. The predicted molar refractivity (Wildman–Crippen MR) is 123 cm³/mol. The van der Waals surface area contributed by atoms with Crippen molar-refractivity contribution < 1.29 is 19.4 Å². The molecular formula is C28H38O4. The summed E-state index contributed by atoms with van der Waals surface area (Å²) < 4.78 is 5.91. The third-order valence-corrected chi connectivity index (χ3v) is 10.4. The molecule has 1 aromatic carbocycles. The van der Waals surface area contributed by atoms with Crippen LogP contribution in [0.25, 0.3) is 0 Å². The third kappa shape index (κ3) is 3.36. The molecule has 4 aliphatic rings. The van der Waals surface area contributed by atoms with E-state index in [1.54, 1.807) is 19.1 Å². The first-order chi connectivity index (χ1) is 15.2. The molecule has 5 rings (SSSR count). The van der Waals surface area contributed by atoms with Gasteiger partial charge in [-0.15, -0.1) is 0 Å². The van der Waals surface area contributed by atoms with Crippen molar-refractivity contribution in [3.63, 3.8) is 0 Å². The van der Waals surface area contributed by atoms with E-state index in [0.717, 1.165) is 51.4 Å². The van der Waals surface area contributed by atoms with Crippen LogP contribution in [0.3, 0.4) is 0 Å². The molecule has 4 nitrogen and oxygen atoms in total. The van der Waals surface area contributed by atoms with Gasteiger partial charge in [-0.1, -0.05) is 32.0 Å². The van der Waals surface area contributed by atoms with Crippen molar-refractivity contribution in [1.82, 2.24) is 0 Å². The monoisotopic (exact) mass is 438 g/mol. The normalized spacial score (nSPS) is 45.3.